The molecule has 2 heterocycles. The highest BCUT2D eigenvalue weighted by atomic mass is 79.9. The molecule has 2 aromatic rings. The minimum absolute atomic E-state index is 0.0703. The van der Waals surface area contributed by atoms with Crippen LogP contribution in [-0.2, 0) is 12.6 Å². The fourth-order valence-corrected chi connectivity index (χ4v) is 3.03. The Morgan fingerprint density at radius 2 is 2.05 bits per heavy atom. The molecule has 114 valence electrons. The number of rotatable bonds is 5. The van der Waals surface area contributed by atoms with Crippen LogP contribution in [0.2, 0.25) is 0 Å². The zero-order valence-electron chi connectivity index (χ0n) is 10.5. The Kier molecular flexibility index (Phi) is 5.01. The number of hydrogen-bond donors (Lipinski definition) is 3. The number of nitrogens with two attached hydrogens (primary N) is 1. The molecule has 21 heavy (non-hydrogen) atoms. The molecule has 0 spiro atoms. The summed E-state index contributed by atoms with van der Waals surface area (Å²) in [5.41, 5.74) is 0.976. The van der Waals surface area contributed by atoms with E-state index in [0.29, 0.717) is 13.0 Å². The summed E-state index contributed by atoms with van der Waals surface area (Å²) in [7, 11) is 0. The van der Waals surface area contributed by atoms with Gasteiger partial charge in [-0.2, -0.15) is 18.2 Å². The molecule has 2 aromatic heterocycles. The molecule has 0 aliphatic carbocycles. The van der Waals surface area contributed by atoms with Gasteiger partial charge in [-0.05, 0) is 34.5 Å². The number of nitrogen functional groups attached to an aromatic ring is 1. The molecule has 0 aliphatic rings. The van der Waals surface area contributed by atoms with E-state index in [4.69, 9.17) is 5.84 Å². The largest absolute Gasteiger partial charge is 0.433 e. The lowest BCUT2D eigenvalue weighted by Crippen LogP contribution is -2.17. The molecule has 0 unspecified atom stereocenters. The van der Waals surface area contributed by atoms with Crippen LogP contribution in [0.15, 0.2) is 22.0 Å². The van der Waals surface area contributed by atoms with Gasteiger partial charge >= 0.3 is 6.18 Å². The molecule has 2 rings (SSSR count). The van der Waals surface area contributed by atoms with E-state index in [1.54, 1.807) is 11.3 Å². The van der Waals surface area contributed by atoms with Crippen molar-refractivity contribution >= 4 is 39.0 Å². The lowest BCUT2D eigenvalue weighted by molar-refractivity contribution is -0.141. The maximum atomic E-state index is 12.7. The highest BCUT2D eigenvalue weighted by molar-refractivity contribution is 9.11. The van der Waals surface area contributed by atoms with Crippen molar-refractivity contribution in [3.05, 3.63) is 32.6 Å². The second kappa shape index (κ2) is 6.58. The molecule has 0 saturated heterocycles. The van der Waals surface area contributed by atoms with E-state index >= 15 is 0 Å². The molecular formula is C11H11BrF3N5S. The van der Waals surface area contributed by atoms with E-state index in [1.165, 1.54) is 0 Å². The molecule has 10 heteroatoms. The average molecular weight is 382 g/mol. The summed E-state index contributed by atoms with van der Waals surface area (Å²) in [6, 6.07) is 4.72. The molecule has 0 fully saturated rings. The second-order valence-electron chi connectivity index (χ2n) is 3.99. The van der Waals surface area contributed by atoms with Crippen molar-refractivity contribution in [2.45, 2.75) is 12.6 Å². The number of nitrogens with one attached hydrogen (secondary N) is 2. The summed E-state index contributed by atoms with van der Waals surface area (Å²) in [4.78, 5) is 8.22. The molecule has 0 atom stereocenters. The van der Waals surface area contributed by atoms with Crippen molar-refractivity contribution in [3.63, 3.8) is 0 Å². The van der Waals surface area contributed by atoms with Crippen molar-refractivity contribution < 1.29 is 13.2 Å². The van der Waals surface area contributed by atoms with Crippen LogP contribution in [0.4, 0.5) is 24.9 Å². The summed E-state index contributed by atoms with van der Waals surface area (Å²) in [5.74, 6) is 4.86. The first-order valence-corrected chi connectivity index (χ1v) is 7.40. The van der Waals surface area contributed by atoms with E-state index in [-0.39, 0.29) is 11.8 Å². The predicted octanol–water partition coefficient (Wildman–Crippen LogP) is 3.26. The average Bonchev–Trinajstić information content (AvgIpc) is 2.83. The predicted molar refractivity (Wildman–Crippen MR) is 79.1 cm³/mol. The molecule has 5 nitrogen and oxygen atoms in total. The first kappa shape index (κ1) is 16.0. The summed E-state index contributed by atoms with van der Waals surface area (Å²) >= 11 is 4.92. The van der Waals surface area contributed by atoms with Gasteiger partial charge in [0.25, 0.3) is 0 Å². The van der Waals surface area contributed by atoms with Crippen LogP contribution in [0, 0.1) is 0 Å². The van der Waals surface area contributed by atoms with Crippen LogP contribution in [0.3, 0.4) is 0 Å². The Hall–Kier alpha value is -1.39. The van der Waals surface area contributed by atoms with Gasteiger partial charge in [0.1, 0.15) is 5.82 Å². The van der Waals surface area contributed by atoms with Crippen LogP contribution in [-0.4, -0.2) is 16.5 Å². The summed E-state index contributed by atoms with van der Waals surface area (Å²) in [6.45, 7) is 0.450. The summed E-state index contributed by atoms with van der Waals surface area (Å²) in [6.07, 6.45) is -3.88. The molecule has 0 radical (unpaired) electrons. The van der Waals surface area contributed by atoms with Gasteiger partial charge in [-0.1, -0.05) is 0 Å². The number of aromatic nitrogens is 2. The number of nitrogens with zero attached hydrogens (tertiary/aromatic N) is 2. The third-order valence-electron chi connectivity index (χ3n) is 2.45. The molecule has 0 aliphatic heterocycles. The number of anilines is 2. The van der Waals surface area contributed by atoms with Gasteiger partial charge in [0.15, 0.2) is 5.69 Å². The third kappa shape index (κ3) is 4.55. The fraction of sp³-hybridized carbons (Fsp3) is 0.273. The number of hydrazine groups is 1. The first-order chi connectivity index (χ1) is 9.88. The lowest BCUT2D eigenvalue weighted by atomic mass is 10.3. The fourth-order valence-electron chi connectivity index (χ4n) is 1.55. The maximum Gasteiger partial charge on any atom is 0.433 e. The van der Waals surface area contributed by atoms with E-state index < -0.39 is 11.9 Å². The van der Waals surface area contributed by atoms with Gasteiger partial charge in [-0.25, -0.2) is 10.8 Å². The van der Waals surface area contributed by atoms with Crippen LogP contribution < -0.4 is 16.6 Å². The smallest absolute Gasteiger partial charge is 0.370 e. The van der Waals surface area contributed by atoms with Crippen LogP contribution in [0.25, 0.3) is 0 Å². The van der Waals surface area contributed by atoms with E-state index in [9.17, 15) is 13.2 Å². The SMILES string of the molecule is NNc1nc(NCCc2ccc(Br)s2)cc(C(F)(F)F)n1. The zero-order valence-corrected chi connectivity index (χ0v) is 12.9. The number of alkyl halides is 3. The molecule has 0 amide bonds. The number of thiophene rings is 1. The summed E-state index contributed by atoms with van der Waals surface area (Å²) in [5, 5.41) is 2.83. The standard InChI is InChI=1S/C11H11BrF3N5S/c12-8-2-1-6(21-8)3-4-17-9-5-7(11(13,14)15)18-10(19-9)20-16/h1-2,5H,3-4,16H2,(H2,17,18,19,20). The Morgan fingerprint density at radius 3 is 2.62 bits per heavy atom. The van der Waals surface area contributed by atoms with Crippen LogP contribution in [0.1, 0.15) is 10.6 Å². The van der Waals surface area contributed by atoms with Crippen molar-refractivity contribution in [1.82, 2.24) is 9.97 Å². The Labute approximate surface area is 130 Å². The molecule has 0 saturated carbocycles. The topological polar surface area (TPSA) is 75.9 Å². The number of hydrogen-bond acceptors (Lipinski definition) is 6. The van der Waals surface area contributed by atoms with Crippen molar-refractivity contribution in [2.24, 2.45) is 5.84 Å². The normalized spacial score (nSPS) is 11.5. The molecule has 4 N–H and O–H groups in total. The van der Waals surface area contributed by atoms with Crippen LogP contribution >= 0.6 is 27.3 Å². The van der Waals surface area contributed by atoms with Gasteiger partial charge in [0.05, 0.1) is 3.79 Å². The van der Waals surface area contributed by atoms with E-state index in [2.05, 4.69) is 31.2 Å². The quantitative estimate of drug-likeness (QED) is 0.547. The van der Waals surface area contributed by atoms with Crippen molar-refractivity contribution in [2.75, 3.05) is 17.3 Å². The Bertz CT molecular complexity index is 616. The van der Waals surface area contributed by atoms with Crippen molar-refractivity contribution in [1.29, 1.82) is 0 Å². The van der Waals surface area contributed by atoms with E-state index in [0.717, 1.165) is 14.7 Å². The van der Waals surface area contributed by atoms with Gasteiger partial charge in [-0.15, -0.1) is 11.3 Å². The Morgan fingerprint density at radius 1 is 1.29 bits per heavy atom. The molecule has 0 aromatic carbocycles. The lowest BCUT2D eigenvalue weighted by Gasteiger charge is -2.11. The first-order valence-electron chi connectivity index (χ1n) is 5.79. The third-order valence-corrected chi connectivity index (χ3v) is 4.14. The van der Waals surface area contributed by atoms with Gasteiger partial charge in [0, 0.05) is 17.5 Å². The summed E-state index contributed by atoms with van der Waals surface area (Å²) < 4.78 is 39.1. The Balaban J connectivity index is 2.05. The van der Waals surface area contributed by atoms with Gasteiger partial charge < -0.3 is 5.32 Å². The highest BCUT2D eigenvalue weighted by Gasteiger charge is 2.33. The van der Waals surface area contributed by atoms with E-state index in [1.807, 2.05) is 17.6 Å². The number of halogens is 4. The zero-order chi connectivity index (χ0) is 15.5. The monoisotopic (exact) mass is 381 g/mol. The van der Waals surface area contributed by atoms with Gasteiger partial charge in [-0.3, -0.25) is 5.43 Å². The maximum absolute atomic E-state index is 12.7. The minimum atomic E-state index is -4.55. The molecular weight excluding hydrogens is 371 g/mol. The van der Waals surface area contributed by atoms with Crippen molar-refractivity contribution in [3.8, 4) is 0 Å². The molecule has 0 bridgehead atoms. The second-order valence-corrected chi connectivity index (χ2v) is 6.53. The van der Waals surface area contributed by atoms with Crippen LogP contribution in [0.5, 0.6) is 0 Å². The van der Waals surface area contributed by atoms with Gasteiger partial charge in [0.2, 0.25) is 5.95 Å². The highest BCUT2D eigenvalue weighted by Crippen LogP contribution is 2.29. The minimum Gasteiger partial charge on any atom is -0.370 e.